The molecule has 0 saturated carbocycles. The van der Waals surface area contributed by atoms with Gasteiger partial charge in [-0.1, -0.05) is 27.7 Å². The molecule has 0 radical (unpaired) electrons. The van der Waals surface area contributed by atoms with Crippen molar-refractivity contribution < 1.29 is 4.79 Å². The van der Waals surface area contributed by atoms with E-state index >= 15 is 0 Å². The lowest BCUT2D eigenvalue weighted by Crippen LogP contribution is -2.52. The number of rotatable bonds is 5. The van der Waals surface area contributed by atoms with E-state index < -0.39 is 0 Å². The molecule has 0 aromatic carbocycles. The van der Waals surface area contributed by atoms with E-state index in [9.17, 15) is 4.79 Å². The Morgan fingerprint density at radius 3 is 2.00 bits per heavy atom. The highest BCUT2D eigenvalue weighted by Gasteiger charge is 2.26. The number of likely N-dealkylation sites (tertiary alicyclic amines) is 1. The van der Waals surface area contributed by atoms with Gasteiger partial charge in [0.2, 0.25) is 5.91 Å². The van der Waals surface area contributed by atoms with Crippen molar-refractivity contribution in [2.45, 2.75) is 40.5 Å². The third-order valence-corrected chi connectivity index (χ3v) is 5.28. The summed E-state index contributed by atoms with van der Waals surface area (Å²) in [5.41, 5.74) is 0. The average Bonchev–Trinajstić information content (AvgIpc) is 2.48. The summed E-state index contributed by atoms with van der Waals surface area (Å²) < 4.78 is 0. The number of hydrogen-bond donors (Lipinski definition) is 0. The lowest BCUT2D eigenvalue weighted by atomic mass is 9.87. The third-order valence-electron chi connectivity index (χ3n) is 5.28. The second kappa shape index (κ2) is 8.30. The van der Waals surface area contributed by atoms with Gasteiger partial charge in [-0.15, -0.1) is 0 Å². The smallest absolute Gasteiger partial charge is 0.236 e. The molecular weight excluding hydrogens is 274 g/mol. The third kappa shape index (κ3) is 5.24. The van der Waals surface area contributed by atoms with Crippen LogP contribution in [0.2, 0.25) is 0 Å². The van der Waals surface area contributed by atoms with Crippen molar-refractivity contribution in [3.63, 3.8) is 0 Å². The summed E-state index contributed by atoms with van der Waals surface area (Å²) in [4.78, 5) is 19.4. The van der Waals surface area contributed by atoms with Crippen LogP contribution in [0.1, 0.15) is 40.5 Å². The van der Waals surface area contributed by atoms with E-state index in [1.807, 2.05) is 0 Å². The lowest BCUT2D eigenvalue weighted by molar-refractivity contribution is -0.134. The molecular formula is C18H35N3O. The molecule has 0 bridgehead atoms. The highest BCUT2D eigenvalue weighted by Crippen LogP contribution is 2.24. The van der Waals surface area contributed by atoms with E-state index in [4.69, 9.17) is 0 Å². The molecule has 2 heterocycles. The van der Waals surface area contributed by atoms with Gasteiger partial charge in [0.15, 0.2) is 0 Å². The zero-order chi connectivity index (χ0) is 16.1. The predicted octanol–water partition coefficient (Wildman–Crippen LogP) is 2.15. The Kier molecular flexibility index (Phi) is 6.69. The van der Waals surface area contributed by atoms with Crippen LogP contribution in [0.4, 0.5) is 0 Å². The summed E-state index contributed by atoms with van der Waals surface area (Å²) >= 11 is 0. The monoisotopic (exact) mass is 309 g/mol. The minimum Gasteiger partial charge on any atom is -0.339 e. The molecule has 2 rings (SSSR count). The number of hydrogen-bond acceptors (Lipinski definition) is 3. The Morgan fingerprint density at radius 1 is 0.909 bits per heavy atom. The van der Waals surface area contributed by atoms with Gasteiger partial charge in [-0.25, -0.2) is 0 Å². The van der Waals surface area contributed by atoms with Crippen LogP contribution in [0, 0.1) is 17.8 Å². The number of nitrogens with zero attached hydrogens (tertiary/aromatic N) is 3. The Labute approximate surface area is 136 Å². The molecule has 4 nitrogen and oxygen atoms in total. The van der Waals surface area contributed by atoms with Crippen LogP contribution in [0.5, 0.6) is 0 Å². The molecule has 2 fully saturated rings. The standard InChI is InChI=1S/C18H35N3O/c1-15(2)13-20-9-11-21(12-10-20)18(22)14-19-7-5-17(6-8-19)16(3)4/h15-17H,5-14H2,1-4H3. The van der Waals surface area contributed by atoms with Crippen molar-refractivity contribution in [3.8, 4) is 0 Å². The van der Waals surface area contributed by atoms with Gasteiger partial charge >= 0.3 is 0 Å². The lowest BCUT2D eigenvalue weighted by Gasteiger charge is -2.38. The Bertz CT molecular complexity index is 340. The van der Waals surface area contributed by atoms with E-state index in [1.54, 1.807) is 0 Å². The molecule has 0 N–H and O–H groups in total. The van der Waals surface area contributed by atoms with Crippen molar-refractivity contribution in [2.75, 3.05) is 52.4 Å². The first-order valence-corrected chi connectivity index (χ1v) is 9.18. The topological polar surface area (TPSA) is 26.8 Å². The van der Waals surface area contributed by atoms with Gasteiger partial charge in [0.05, 0.1) is 6.54 Å². The number of piperidine rings is 1. The van der Waals surface area contributed by atoms with Crippen LogP contribution < -0.4 is 0 Å². The highest BCUT2D eigenvalue weighted by molar-refractivity contribution is 5.78. The Balaban J connectivity index is 1.68. The molecule has 0 aromatic heterocycles. The first-order valence-electron chi connectivity index (χ1n) is 9.18. The predicted molar refractivity (Wildman–Crippen MR) is 91.9 cm³/mol. The fraction of sp³-hybridized carbons (Fsp3) is 0.944. The zero-order valence-corrected chi connectivity index (χ0v) is 15.1. The van der Waals surface area contributed by atoms with E-state index in [1.165, 1.54) is 12.8 Å². The van der Waals surface area contributed by atoms with E-state index in [2.05, 4.69) is 42.4 Å². The number of carbonyl (C=O) groups is 1. The van der Waals surface area contributed by atoms with Crippen LogP contribution in [-0.2, 0) is 4.79 Å². The molecule has 0 atom stereocenters. The van der Waals surface area contributed by atoms with Gasteiger partial charge in [-0.05, 0) is 43.7 Å². The van der Waals surface area contributed by atoms with Crippen LogP contribution >= 0.6 is 0 Å². The first kappa shape index (κ1) is 17.7. The number of amides is 1. The van der Waals surface area contributed by atoms with Crippen molar-refractivity contribution in [2.24, 2.45) is 17.8 Å². The van der Waals surface area contributed by atoms with Crippen LogP contribution in [-0.4, -0.2) is 73.0 Å². The summed E-state index contributed by atoms with van der Waals surface area (Å²) in [5, 5.41) is 0. The molecule has 4 heteroatoms. The SMILES string of the molecule is CC(C)CN1CCN(C(=O)CN2CCC(C(C)C)CC2)CC1. The maximum atomic E-state index is 12.5. The fourth-order valence-corrected chi connectivity index (χ4v) is 3.77. The minimum atomic E-state index is 0.340. The normalized spacial score (nSPS) is 22.7. The van der Waals surface area contributed by atoms with Gasteiger partial charge in [0.25, 0.3) is 0 Å². The molecule has 2 aliphatic rings. The van der Waals surface area contributed by atoms with Gasteiger partial charge in [0, 0.05) is 32.7 Å². The van der Waals surface area contributed by atoms with Crippen LogP contribution in [0.25, 0.3) is 0 Å². The van der Waals surface area contributed by atoms with Crippen molar-refractivity contribution in [1.29, 1.82) is 0 Å². The van der Waals surface area contributed by atoms with E-state index in [0.717, 1.165) is 57.6 Å². The van der Waals surface area contributed by atoms with Crippen molar-refractivity contribution in [3.05, 3.63) is 0 Å². The molecule has 1 amide bonds. The molecule has 128 valence electrons. The van der Waals surface area contributed by atoms with Gasteiger partial charge in [-0.3, -0.25) is 14.6 Å². The maximum absolute atomic E-state index is 12.5. The highest BCUT2D eigenvalue weighted by atomic mass is 16.2. The second-order valence-electron chi connectivity index (χ2n) is 7.93. The Hall–Kier alpha value is -0.610. The average molecular weight is 309 g/mol. The molecule has 0 spiro atoms. The maximum Gasteiger partial charge on any atom is 0.236 e. The molecule has 2 aliphatic heterocycles. The van der Waals surface area contributed by atoms with Crippen molar-refractivity contribution in [1.82, 2.24) is 14.7 Å². The quantitative estimate of drug-likeness (QED) is 0.778. The summed E-state index contributed by atoms with van der Waals surface area (Å²) in [5.74, 6) is 2.69. The summed E-state index contributed by atoms with van der Waals surface area (Å²) in [6, 6.07) is 0. The van der Waals surface area contributed by atoms with Gasteiger partial charge in [0.1, 0.15) is 0 Å². The molecule has 0 aliphatic carbocycles. The Morgan fingerprint density at radius 2 is 1.50 bits per heavy atom. The van der Waals surface area contributed by atoms with Crippen molar-refractivity contribution >= 4 is 5.91 Å². The van der Waals surface area contributed by atoms with Crippen LogP contribution in [0.3, 0.4) is 0 Å². The number of carbonyl (C=O) groups excluding carboxylic acids is 1. The summed E-state index contributed by atoms with van der Waals surface area (Å²) in [6.07, 6.45) is 2.51. The zero-order valence-electron chi connectivity index (χ0n) is 15.1. The first-order chi connectivity index (χ1) is 10.5. The molecule has 0 unspecified atom stereocenters. The second-order valence-corrected chi connectivity index (χ2v) is 7.93. The van der Waals surface area contributed by atoms with E-state index in [0.29, 0.717) is 18.4 Å². The van der Waals surface area contributed by atoms with Crippen LogP contribution in [0.15, 0.2) is 0 Å². The largest absolute Gasteiger partial charge is 0.339 e. The van der Waals surface area contributed by atoms with Gasteiger partial charge in [-0.2, -0.15) is 0 Å². The molecule has 0 aromatic rings. The number of piperazine rings is 1. The summed E-state index contributed by atoms with van der Waals surface area (Å²) in [7, 11) is 0. The van der Waals surface area contributed by atoms with E-state index in [-0.39, 0.29) is 0 Å². The molecule has 22 heavy (non-hydrogen) atoms. The fourth-order valence-electron chi connectivity index (χ4n) is 3.77. The van der Waals surface area contributed by atoms with Gasteiger partial charge < -0.3 is 4.90 Å². The summed E-state index contributed by atoms with van der Waals surface area (Å²) in [6.45, 7) is 17.1. The minimum absolute atomic E-state index is 0.340. The molecule has 2 saturated heterocycles.